The molecule has 0 aromatic rings. The quantitative estimate of drug-likeness (QED) is 0.619. The zero-order valence-corrected chi connectivity index (χ0v) is 8.60. The maximum absolute atomic E-state index is 2.54. The van der Waals surface area contributed by atoms with Crippen LogP contribution in [-0.4, -0.2) is 83.8 Å². The second-order valence-corrected chi connectivity index (χ2v) is 2.68. The van der Waals surface area contributed by atoms with Gasteiger partial charge in [0.15, 0.2) is 0 Å². The van der Waals surface area contributed by atoms with Gasteiger partial charge in [-0.25, -0.2) is 0 Å². The van der Waals surface area contributed by atoms with Crippen LogP contribution in [0.5, 0.6) is 0 Å². The van der Waals surface area contributed by atoms with Gasteiger partial charge >= 0.3 is 0 Å². The molecule has 100 valence electrons. The Labute approximate surface area is 128 Å². The Balaban J connectivity index is -0.0000000202. The molecular formula is C12H36Al2N2. The van der Waals surface area contributed by atoms with Crippen LogP contribution in [0.4, 0.5) is 0 Å². The maximum atomic E-state index is 2.54. The summed E-state index contributed by atoms with van der Waals surface area (Å²) in [5.74, 6) is 0. The van der Waals surface area contributed by atoms with Crippen LogP contribution in [-0.2, 0) is 0 Å². The van der Waals surface area contributed by atoms with Gasteiger partial charge in [0, 0.05) is 74.0 Å². The Morgan fingerprint density at radius 1 is 0.375 bits per heavy atom. The van der Waals surface area contributed by atoms with Gasteiger partial charge in [-0.15, -0.1) is 0 Å². The first kappa shape index (κ1) is 43.5. The number of rotatable bonds is 0. The second kappa shape index (κ2) is 21.3. The molecule has 4 heteroatoms. The summed E-state index contributed by atoms with van der Waals surface area (Å²) in [4.78, 5) is 5.08. The van der Waals surface area contributed by atoms with Crippen molar-refractivity contribution in [2.45, 2.75) is 44.6 Å². The van der Waals surface area contributed by atoms with Crippen LogP contribution in [0.2, 0.25) is 0 Å². The molecule has 6 radical (unpaired) electrons. The molecule has 2 bridgehead atoms. The van der Waals surface area contributed by atoms with Crippen LogP contribution in [0.25, 0.3) is 0 Å². The van der Waals surface area contributed by atoms with Gasteiger partial charge in [0.1, 0.15) is 0 Å². The van der Waals surface area contributed by atoms with Crippen molar-refractivity contribution >= 4 is 34.7 Å². The average molecular weight is 262 g/mol. The Morgan fingerprint density at radius 3 is 0.562 bits per heavy atom. The van der Waals surface area contributed by atoms with E-state index in [1.54, 1.807) is 0 Å². The lowest BCUT2D eigenvalue weighted by Crippen LogP contribution is -2.55. The van der Waals surface area contributed by atoms with Crippen LogP contribution in [0, 0.1) is 0 Å². The monoisotopic (exact) mass is 262 g/mol. The van der Waals surface area contributed by atoms with Crippen molar-refractivity contribution in [1.29, 1.82) is 0 Å². The zero-order chi connectivity index (χ0) is 5.40. The first-order valence-electron chi connectivity index (χ1n) is 3.40. The van der Waals surface area contributed by atoms with E-state index in [0.717, 1.165) is 0 Å². The minimum atomic E-state index is 0. The van der Waals surface area contributed by atoms with Crippen molar-refractivity contribution in [3.05, 3.63) is 0 Å². The van der Waals surface area contributed by atoms with Crippen LogP contribution >= 0.6 is 0 Å². The molecule has 16 heavy (non-hydrogen) atoms. The van der Waals surface area contributed by atoms with E-state index in [9.17, 15) is 0 Å². The Morgan fingerprint density at radius 2 is 0.500 bits per heavy atom. The highest BCUT2D eigenvalue weighted by molar-refractivity contribution is 5.76. The van der Waals surface area contributed by atoms with Gasteiger partial charge in [-0.2, -0.15) is 0 Å². The van der Waals surface area contributed by atoms with Crippen molar-refractivity contribution in [2.75, 3.05) is 39.3 Å². The lowest BCUT2D eigenvalue weighted by atomic mass is 10.2. The molecule has 0 atom stereocenters. The maximum Gasteiger partial charge on any atom is 0.0110 e. The summed E-state index contributed by atoms with van der Waals surface area (Å²) in [6, 6.07) is 0. The molecule has 3 aliphatic heterocycles. The highest BCUT2D eigenvalue weighted by Gasteiger charge is 2.21. The van der Waals surface area contributed by atoms with E-state index in [0.29, 0.717) is 0 Å². The molecular weight excluding hydrogens is 226 g/mol. The fourth-order valence-electron chi connectivity index (χ4n) is 1.52. The first-order valence-corrected chi connectivity index (χ1v) is 3.40. The molecule has 2 nitrogen and oxygen atoms in total. The van der Waals surface area contributed by atoms with Crippen LogP contribution < -0.4 is 0 Å². The first-order chi connectivity index (χ1) is 3.95. The SMILES string of the molecule is C.C.C.C.C.C.C1CN2CCN1CC2.[Al].[Al]. The highest BCUT2D eigenvalue weighted by Crippen LogP contribution is 2.06. The molecule has 0 aromatic carbocycles. The summed E-state index contributed by atoms with van der Waals surface area (Å²) in [6.07, 6.45) is 0. The number of piperazine rings is 3. The summed E-state index contributed by atoms with van der Waals surface area (Å²) < 4.78 is 0. The molecule has 3 heterocycles. The Kier molecular flexibility index (Phi) is 57.9. The van der Waals surface area contributed by atoms with Gasteiger partial charge in [-0.1, -0.05) is 44.6 Å². The molecule has 3 aliphatic rings. The fraction of sp³-hybridized carbons (Fsp3) is 1.00. The second-order valence-electron chi connectivity index (χ2n) is 2.68. The lowest BCUT2D eigenvalue weighted by Gasteiger charge is -2.41. The van der Waals surface area contributed by atoms with E-state index >= 15 is 0 Å². The molecule has 0 amide bonds. The molecule has 0 aliphatic carbocycles. The van der Waals surface area contributed by atoms with E-state index in [-0.39, 0.29) is 79.3 Å². The summed E-state index contributed by atoms with van der Waals surface area (Å²) >= 11 is 0. The topological polar surface area (TPSA) is 6.48 Å². The van der Waals surface area contributed by atoms with Crippen LogP contribution in [0.1, 0.15) is 44.6 Å². The normalized spacial score (nSPS) is 22.5. The molecule has 0 spiro atoms. The van der Waals surface area contributed by atoms with Gasteiger partial charge in [-0.05, 0) is 0 Å². The summed E-state index contributed by atoms with van der Waals surface area (Å²) in [6.45, 7) is 7.92. The standard InChI is InChI=1S/C6H12N2.6CH4.2Al/c1-2-8-5-3-7(1)4-6-8;;;;;;;;/h1-6H2;6*1H4;;. The molecule has 0 N–H and O–H groups in total. The third-order valence-corrected chi connectivity index (χ3v) is 2.20. The molecule has 0 saturated carbocycles. The summed E-state index contributed by atoms with van der Waals surface area (Å²) in [5.41, 5.74) is 0. The van der Waals surface area contributed by atoms with Gasteiger partial charge in [0.25, 0.3) is 0 Å². The van der Waals surface area contributed by atoms with Crippen molar-refractivity contribution in [1.82, 2.24) is 9.80 Å². The third-order valence-electron chi connectivity index (χ3n) is 2.20. The van der Waals surface area contributed by atoms with E-state index < -0.39 is 0 Å². The smallest absolute Gasteiger partial charge is 0.0110 e. The number of hydrogen-bond donors (Lipinski definition) is 0. The van der Waals surface area contributed by atoms with Gasteiger partial charge in [0.05, 0.1) is 0 Å². The molecule has 0 aromatic heterocycles. The number of nitrogens with zero attached hydrogens (tertiary/aromatic N) is 2. The highest BCUT2D eigenvalue weighted by atomic mass is 27.0. The van der Waals surface area contributed by atoms with Crippen LogP contribution in [0.3, 0.4) is 0 Å². The number of hydrogen-bond acceptors (Lipinski definition) is 2. The zero-order valence-electron chi connectivity index (χ0n) is 6.29. The predicted molar refractivity (Wildman–Crippen MR) is 84.8 cm³/mol. The van der Waals surface area contributed by atoms with Crippen molar-refractivity contribution in [3.63, 3.8) is 0 Å². The summed E-state index contributed by atoms with van der Waals surface area (Å²) in [7, 11) is 0. The molecule has 3 rings (SSSR count). The van der Waals surface area contributed by atoms with Gasteiger partial charge in [-0.3, -0.25) is 9.80 Å². The predicted octanol–water partition coefficient (Wildman–Crippen LogP) is 2.67. The van der Waals surface area contributed by atoms with Crippen molar-refractivity contribution in [2.24, 2.45) is 0 Å². The van der Waals surface area contributed by atoms with E-state index in [2.05, 4.69) is 9.80 Å². The minimum Gasteiger partial charge on any atom is -0.300 e. The Hall–Kier alpha value is 0.985. The largest absolute Gasteiger partial charge is 0.300 e. The third kappa shape index (κ3) is 11.5. The number of fused-ring (bicyclic) bond motifs is 3. The van der Waals surface area contributed by atoms with Crippen molar-refractivity contribution in [3.8, 4) is 0 Å². The molecule has 3 fully saturated rings. The fourth-order valence-corrected chi connectivity index (χ4v) is 1.52. The lowest BCUT2D eigenvalue weighted by molar-refractivity contribution is 0.0647. The average Bonchev–Trinajstić information content (AvgIpc) is 1.92. The van der Waals surface area contributed by atoms with E-state index in [1.165, 1.54) is 39.3 Å². The molecule has 0 unspecified atom stereocenters. The van der Waals surface area contributed by atoms with Crippen LogP contribution in [0.15, 0.2) is 0 Å². The Bertz CT molecular complexity index is 72.0. The van der Waals surface area contributed by atoms with Gasteiger partial charge in [0.2, 0.25) is 0 Å². The van der Waals surface area contributed by atoms with E-state index in [4.69, 9.17) is 0 Å². The summed E-state index contributed by atoms with van der Waals surface area (Å²) in [5, 5.41) is 0. The van der Waals surface area contributed by atoms with Crippen molar-refractivity contribution < 1.29 is 0 Å². The molecule has 3 saturated heterocycles. The van der Waals surface area contributed by atoms with E-state index in [1.807, 2.05) is 0 Å². The van der Waals surface area contributed by atoms with Gasteiger partial charge < -0.3 is 0 Å². The minimum absolute atomic E-state index is 0.